The largest absolute Gasteiger partial charge is 0.486 e. The Morgan fingerprint density at radius 3 is 2.74 bits per heavy atom. The number of aromatic nitrogens is 3. The standard InChI is InChI=1S/C25H28N4O4S/c1-16(2)11-12-29-22(14-32-19-7-5-4-6-8-19)27-28-25(29)34-17(3)24(31)18-9-10-21-20(13-18)26-23(30)15-33-21/h4-10,13,16-17H,11-12,14-15H2,1-3H3,(H,26,30)/t17-/m1/s1. The van der Waals surface area contributed by atoms with E-state index in [-0.39, 0.29) is 18.3 Å². The summed E-state index contributed by atoms with van der Waals surface area (Å²) >= 11 is 1.37. The Hall–Kier alpha value is -3.33. The van der Waals surface area contributed by atoms with Crippen molar-refractivity contribution in [1.82, 2.24) is 14.8 Å². The second-order valence-corrected chi connectivity index (χ2v) is 9.81. The predicted octanol–water partition coefficient (Wildman–Crippen LogP) is 4.60. The first-order valence-electron chi connectivity index (χ1n) is 11.3. The van der Waals surface area contributed by atoms with Crippen LogP contribution < -0.4 is 14.8 Å². The van der Waals surface area contributed by atoms with Crippen molar-refractivity contribution >= 4 is 29.1 Å². The number of ether oxygens (including phenoxy) is 2. The molecule has 1 aliphatic heterocycles. The van der Waals surface area contributed by atoms with Gasteiger partial charge in [0, 0.05) is 12.1 Å². The van der Waals surface area contributed by atoms with E-state index < -0.39 is 5.25 Å². The molecule has 1 aromatic heterocycles. The quantitative estimate of drug-likeness (QED) is 0.335. The number of para-hydroxylation sites is 1. The smallest absolute Gasteiger partial charge is 0.262 e. The maximum Gasteiger partial charge on any atom is 0.262 e. The summed E-state index contributed by atoms with van der Waals surface area (Å²) in [6.45, 7) is 7.20. The van der Waals surface area contributed by atoms with Crippen LogP contribution in [0.25, 0.3) is 0 Å². The zero-order valence-electron chi connectivity index (χ0n) is 19.5. The van der Waals surface area contributed by atoms with Gasteiger partial charge >= 0.3 is 0 Å². The lowest BCUT2D eigenvalue weighted by Gasteiger charge is -2.19. The zero-order chi connectivity index (χ0) is 24.1. The van der Waals surface area contributed by atoms with Gasteiger partial charge in [-0.05, 0) is 49.6 Å². The highest BCUT2D eigenvalue weighted by Gasteiger charge is 2.24. The molecule has 1 N–H and O–H groups in total. The van der Waals surface area contributed by atoms with Crippen LogP contribution in [-0.4, -0.2) is 38.3 Å². The molecule has 0 saturated carbocycles. The van der Waals surface area contributed by atoms with Crippen molar-refractivity contribution in [2.75, 3.05) is 11.9 Å². The van der Waals surface area contributed by atoms with E-state index in [1.54, 1.807) is 18.2 Å². The topological polar surface area (TPSA) is 95.3 Å². The van der Waals surface area contributed by atoms with Crippen molar-refractivity contribution in [2.24, 2.45) is 5.92 Å². The number of anilines is 1. The number of Topliss-reactive ketones (excluding diaryl/α,β-unsaturated/α-hetero) is 1. The summed E-state index contributed by atoms with van der Waals surface area (Å²) in [7, 11) is 0. The second kappa shape index (κ2) is 10.7. The van der Waals surface area contributed by atoms with E-state index >= 15 is 0 Å². The van der Waals surface area contributed by atoms with Crippen LogP contribution in [0.15, 0.2) is 53.7 Å². The molecular weight excluding hydrogens is 452 g/mol. The van der Waals surface area contributed by atoms with E-state index in [2.05, 4.69) is 29.4 Å². The maximum atomic E-state index is 13.2. The first-order valence-corrected chi connectivity index (χ1v) is 12.2. The fourth-order valence-electron chi connectivity index (χ4n) is 3.47. The van der Waals surface area contributed by atoms with E-state index in [1.807, 2.05) is 41.8 Å². The number of hydrogen-bond acceptors (Lipinski definition) is 7. The van der Waals surface area contributed by atoms with Gasteiger partial charge in [0.2, 0.25) is 0 Å². The van der Waals surface area contributed by atoms with Gasteiger partial charge in [-0.1, -0.05) is 43.8 Å². The third-order valence-corrected chi connectivity index (χ3v) is 6.46. The number of hydrogen-bond donors (Lipinski definition) is 1. The molecule has 0 fully saturated rings. The average molecular weight is 481 g/mol. The Bertz CT molecular complexity index is 1160. The van der Waals surface area contributed by atoms with Gasteiger partial charge in [-0.15, -0.1) is 10.2 Å². The van der Waals surface area contributed by atoms with Crippen LogP contribution in [0.3, 0.4) is 0 Å². The van der Waals surface area contributed by atoms with Gasteiger partial charge in [0.15, 0.2) is 23.4 Å². The number of nitrogens with zero attached hydrogens (tertiary/aromatic N) is 3. The summed E-state index contributed by atoms with van der Waals surface area (Å²) < 4.78 is 13.3. The minimum atomic E-state index is -0.400. The van der Waals surface area contributed by atoms with Crippen LogP contribution in [0.4, 0.5) is 5.69 Å². The summed E-state index contributed by atoms with van der Waals surface area (Å²) in [6, 6.07) is 14.7. The molecule has 0 aliphatic carbocycles. The fourth-order valence-corrected chi connectivity index (χ4v) is 4.44. The van der Waals surface area contributed by atoms with E-state index in [9.17, 15) is 9.59 Å². The average Bonchev–Trinajstić information content (AvgIpc) is 3.22. The molecular formula is C25H28N4O4S. The van der Waals surface area contributed by atoms with Crippen LogP contribution >= 0.6 is 11.8 Å². The summed E-state index contributed by atoms with van der Waals surface area (Å²) in [5.41, 5.74) is 1.02. The Balaban J connectivity index is 1.49. The van der Waals surface area contributed by atoms with E-state index in [1.165, 1.54) is 11.8 Å². The summed E-state index contributed by atoms with van der Waals surface area (Å²) in [5.74, 6) is 2.27. The summed E-state index contributed by atoms with van der Waals surface area (Å²) in [5, 5.41) is 11.8. The lowest BCUT2D eigenvalue weighted by molar-refractivity contribution is -0.118. The Morgan fingerprint density at radius 2 is 1.97 bits per heavy atom. The monoisotopic (exact) mass is 480 g/mol. The lowest BCUT2D eigenvalue weighted by Crippen LogP contribution is -2.25. The van der Waals surface area contributed by atoms with E-state index in [4.69, 9.17) is 9.47 Å². The van der Waals surface area contributed by atoms with Gasteiger partial charge < -0.3 is 19.4 Å². The third kappa shape index (κ3) is 5.77. The number of rotatable bonds is 10. The molecule has 0 radical (unpaired) electrons. The molecule has 2 aromatic carbocycles. The molecule has 0 saturated heterocycles. The lowest BCUT2D eigenvalue weighted by atomic mass is 10.1. The van der Waals surface area contributed by atoms with Crippen LogP contribution in [0.1, 0.15) is 43.4 Å². The molecule has 178 valence electrons. The number of amides is 1. The van der Waals surface area contributed by atoms with Crippen molar-refractivity contribution in [2.45, 2.75) is 50.8 Å². The minimum Gasteiger partial charge on any atom is -0.486 e. The van der Waals surface area contributed by atoms with Crippen LogP contribution in [-0.2, 0) is 17.9 Å². The van der Waals surface area contributed by atoms with Crippen LogP contribution in [0, 0.1) is 5.92 Å². The first kappa shape index (κ1) is 23.8. The molecule has 3 aromatic rings. The fraction of sp³-hybridized carbons (Fsp3) is 0.360. The van der Waals surface area contributed by atoms with Gasteiger partial charge in [-0.2, -0.15) is 0 Å². The Kier molecular flexibility index (Phi) is 7.52. The van der Waals surface area contributed by atoms with Crippen LogP contribution in [0.2, 0.25) is 0 Å². The highest BCUT2D eigenvalue weighted by atomic mass is 32.2. The minimum absolute atomic E-state index is 0.0189. The molecule has 1 atom stereocenters. The number of fused-ring (bicyclic) bond motifs is 1. The van der Waals surface area contributed by atoms with Crippen molar-refractivity contribution < 1.29 is 19.1 Å². The second-order valence-electron chi connectivity index (χ2n) is 8.51. The third-order valence-electron chi connectivity index (χ3n) is 5.38. The number of carbonyl (C=O) groups excluding carboxylic acids is 2. The normalized spacial score (nSPS) is 13.7. The highest BCUT2D eigenvalue weighted by molar-refractivity contribution is 8.00. The van der Waals surface area contributed by atoms with E-state index in [0.717, 1.165) is 24.5 Å². The van der Waals surface area contributed by atoms with E-state index in [0.29, 0.717) is 34.7 Å². The Labute approximate surface area is 203 Å². The van der Waals surface area contributed by atoms with Crippen molar-refractivity contribution in [3.8, 4) is 11.5 Å². The number of carbonyl (C=O) groups is 2. The maximum absolute atomic E-state index is 13.2. The summed E-state index contributed by atoms with van der Waals surface area (Å²) in [6.07, 6.45) is 0.955. The molecule has 0 bridgehead atoms. The predicted molar refractivity (Wildman–Crippen MR) is 130 cm³/mol. The molecule has 1 aliphatic rings. The zero-order valence-corrected chi connectivity index (χ0v) is 20.3. The Morgan fingerprint density at radius 1 is 1.18 bits per heavy atom. The van der Waals surface area contributed by atoms with Gasteiger partial charge in [0.05, 0.1) is 10.9 Å². The molecule has 1 amide bonds. The van der Waals surface area contributed by atoms with Gasteiger partial charge in [0.25, 0.3) is 5.91 Å². The molecule has 0 unspecified atom stereocenters. The molecule has 4 rings (SSSR count). The van der Waals surface area contributed by atoms with Crippen molar-refractivity contribution in [3.05, 3.63) is 59.9 Å². The number of benzene rings is 2. The summed E-state index contributed by atoms with van der Waals surface area (Å²) in [4.78, 5) is 24.8. The molecule has 2 heterocycles. The number of ketones is 1. The molecule has 8 nitrogen and oxygen atoms in total. The highest BCUT2D eigenvalue weighted by Crippen LogP contribution is 2.31. The van der Waals surface area contributed by atoms with Crippen molar-refractivity contribution in [3.63, 3.8) is 0 Å². The van der Waals surface area contributed by atoms with Crippen molar-refractivity contribution in [1.29, 1.82) is 0 Å². The SMILES string of the molecule is CC(C)CCn1c(COc2ccccc2)nnc1S[C@H](C)C(=O)c1ccc2c(c1)NC(=O)CO2. The van der Waals surface area contributed by atoms with Gasteiger partial charge in [-0.25, -0.2) is 0 Å². The molecule has 34 heavy (non-hydrogen) atoms. The molecule has 9 heteroatoms. The number of nitrogens with one attached hydrogen (secondary N) is 1. The van der Waals surface area contributed by atoms with Gasteiger partial charge in [0.1, 0.15) is 18.1 Å². The molecule has 0 spiro atoms. The van der Waals surface area contributed by atoms with Gasteiger partial charge in [-0.3, -0.25) is 9.59 Å². The first-order chi connectivity index (χ1) is 16.4. The van der Waals surface area contributed by atoms with Crippen LogP contribution in [0.5, 0.6) is 11.5 Å². The number of thioether (sulfide) groups is 1.